The summed E-state index contributed by atoms with van der Waals surface area (Å²) in [6, 6.07) is 8.08. The van der Waals surface area contributed by atoms with Crippen LogP contribution in [0.4, 0.5) is 13.2 Å². The first-order valence-corrected chi connectivity index (χ1v) is 9.50. The molecule has 1 aliphatic rings. The Hall–Kier alpha value is -2.01. The van der Waals surface area contributed by atoms with Crippen LogP contribution < -0.4 is 4.74 Å². The number of hydrogen-bond donors (Lipinski definition) is 1. The molecule has 2 nitrogen and oxygen atoms in total. The van der Waals surface area contributed by atoms with Gasteiger partial charge in [-0.2, -0.15) is 4.39 Å². The Morgan fingerprint density at radius 2 is 1.67 bits per heavy atom. The first-order chi connectivity index (χ1) is 12.9. The van der Waals surface area contributed by atoms with Crippen molar-refractivity contribution in [2.75, 3.05) is 6.61 Å². The molecule has 0 amide bonds. The van der Waals surface area contributed by atoms with E-state index < -0.39 is 23.6 Å². The SMILES string of the molecule is CCOc1ccc(C2CCC(c3ccc(C(C)O)c(F)c3)CC2)c(F)c1F. The molecule has 1 atom stereocenters. The van der Waals surface area contributed by atoms with Crippen molar-refractivity contribution in [2.24, 2.45) is 0 Å². The number of rotatable bonds is 5. The topological polar surface area (TPSA) is 29.5 Å². The maximum atomic E-state index is 14.4. The van der Waals surface area contributed by atoms with Gasteiger partial charge < -0.3 is 9.84 Å². The lowest BCUT2D eigenvalue weighted by Crippen LogP contribution is -2.14. The summed E-state index contributed by atoms with van der Waals surface area (Å²) in [6.45, 7) is 3.54. The molecular formula is C22H25F3O2. The number of hydrogen-bond acceptors (Lipinski definition) is 2. The lowest BCUT2D eigenvalue weighted by molar-refractivity contribution is 0.194. The van der Waals surface area contributed by atoms with Crippen LogP contribution in [0, 0.1) is 17.5 Å². The van der Waals surface area contributed by atoms with Crippen LogP contribution in [-0.4, -0.2) is 11.7 Å². The molecule has 1 aliphatic carbocycles. The summed E-state index contributed by atoms with van der Waals surface area (Å²) in [7, 11) is 0. The first kappa shape index (κ1) is 19.7. The Balaban J connectivity index is 1.71. The van der Waals surface area contributed by atoms with E-state index in [1.165, 1.54) is 19.1 Å². The lowest BCUT2D eigenvalue weighted by atomic mass is 9.76. The van der Waals surface area contributed by atoms with Crippen LogP contribution in [0.2, 0.25) is 0 Å². The first-order valence-electron chi connectivity index (χ1n) is 9.50. The van der Waals surface area contributed by atoms with Gasteiger partial charge in [0.2, 0.25) is 5.82 Å². The highest BCUT2D eigenvalue weighted by atomic mass is 19.2. The van der Waals surface area contributed by atoms with E-state index in [-0.39, 0.29) is 24.2 Å². The zero-order valence-corrected chi connectivity index (χ0v) is 15.6. The van der Waals surface area contributed by atoms with Crippen LogP contribution in [-0.2, 0) is 0 Å². The maximum absolute atomic E-state index is 14.4. The van der Waals surface area contributed by atoms with Gasteiger partial charge in [-0.15, -0.1) is 0 Å². The summed E-state index contributed by atoms with van der Waals surface area (Å²) in [5.74, 6) is -2.06. The predicted octanol–water partition coefficient (Wildman–Crippen LogP) is 6.00. The number of halogens is 3. The Morgan fingerprint density at radius 1 is 1.00 bits per heavy atom. The van der Waals surface area contributed by atoms with Gasteiger partial charge in [0.25, 0.3) is 0 Å². The second-order valence-electron chi connectivity index (χ2n) is 7.22. The summed E-state index contributed by atoms with van der Waals surface area (Å²) in [4.78, 5) is 0. The fraction of sp³-hybridized carbons (Fsp3) is 0.455. The molecular weight excluding hydrogens is 353 g/mol. The van der Waals surface area contributed by atoms with E-state index in [1.807, 2.05) is 6.07 Å². The number of aliphatic hydroxyl groups excluding tert-OH is 1. The van der Waals surface area contributed by atoms with Gasteiger partial charge in [-0.25, -0.2) is 8.78 Å². The van der Waals surface area contributed by atoms with Gasteiger partial charge in [-0.3, -0.25) is 0 Å². The van der Waals surface area contributed by atoms with Crippen LogP contribution >= 0.6 is 0 Å². The van der Waals surface area contributed by atoms with E-state index >= 15 is 0 Å². The van der Waals surface area contributed by atoms with Crippen molar-refractivity contribution in [3.63, 3.8) is 0 Å². The highest BCUT2D eigenvalue weighted by Crippen LogP contribution is 2.42. The molecule has 3 rings (SSSR count). The summed E-state index contributed by atoms with van der Waals surface area (Å²) in [6.07, 6.45) is 2.16. The summed E-state index contributed by atoms with van der Waals surface area (Å²) >= 11 is 0. The van der Waals surface area contributed by atoms with Crippen LogP contribution in [0.3, 0.4) is 0 Å². The molecule has 1 saturated carbocycles. The molecule has 146 valence electrons. The van der Waals surface area contributed by atoms with Gasteiger partial charge in [0.1, 0.15) is 5.82 Å². The third-order valence-corrected chi connectivity index (χ3v) is 5.49. The van der Waals surface area contributed by atoms with Gasteiger partial charge in [0, 0.05) is 5.56 Å². The quantitative estimate of drug-likeness (QED) is 0.692. The molecule has 1 N–H and O–H groups in total. The van der Waals surface area contributed by atoms with E-state index in [0.717, 1.165) is 31.2 Å². The van der Waals surface area contributed by atoms with Gasteiger partial charge in [-0.05, 0) is 74.6 Å². The van der Waals surface area contributed by atoms with Crippen LogP contribution in [0.15, 0.2) is 30.3 Å². The molecule has 0 spiro atoms. The summed E-state index contributed by atoms with van der Waals surface area (Å²) < 4.78 is 47.8. The van der Waals surface area contributed by atoms with Crippen molar-refractivity contribution in [1.29, 1.82) is 0 Å². The lowest BCUT2D eigenvalue weighted by Gasteiger charge is -2.29. The van der Waals surface area contributed by atoms with Crippen molar-refractivity contribution in [3.8, 4) is 5.75 Å². The zero-order chi connectivity index (χ0) is 19.6. The maximum Gasteiger partial charge on any atom is 0.200 e. The van der Waals surface area contributed by atoms with Gasteiger partial charge >= 0.3 is 0 Å². The Kier molecular flexibility index (Phi) is 6.10. The normalized spacial score (nSPS) is 21.1. The molecule has 0 aliphatic heterocycles. The highest BCUT2D eigenvalue weighted by Gasteiger charge is 2.27. The second-order valence-corrected chi connectivity index (χ2v) is 7.22. The minimum atomic E-state index is -0.924. The Labute approximate surface area is 158 Å². The van der Waals surface area contributed by atoms with Gasteiger partial charge in [-0.1, -0.05) is 18.2 Å². The van der Waals surface area contributed by atoms with Gasteiger partial charge in [0.05, 0.1) is 12.7 Å². The minimum Gasteiger partial charge on any atom is -0.491 e. The summed E-state index contributed by atoms with van der Waals surface area (Å²) in [5.41, 5.74) is 1.58. The predicted molar refractivity (Wildman–Crippen MR) is 98.5 cm³/mol. The number of aliphatic hydroxyl groups is 1. The van der Waals surface area contributed by atoms with Crippen molar-refractivity contribution in [3.05, 3.63) is 64.5 Å². The Morgan fingerprint density at radius 3 is 2.26 bits per heavy atom. The van der Waals surface area contributed by atoms with Crippen LogP contribution in [0.25, 0.3) is 0 Å². The monoisotopic (exact) mass is 378 g/mol. The molecule has 1 unspecified atom stereocenters. The molecule has 0 heterocycles. The molecule has 5 heteroatoms. The molecule has 0 saturated heterocycles. The standard InChI is InChI=1S/C22H25F3O2/c1-3-27-20-11-10-18(21(24)22(20)25)15-6-4-14(5-7-15)16-8-9-17(13(2)26)19(23)12-16/h8-15,26H,3-7H2,1-2H3. The summed E-state index contributed by atoms with van der Waals surface area (Å²) in [5, 5.41) is 9.55. The van der Waals surface area contributed by atoms with Crippen LogP contribution in [0.5, 0.6) is 5.75 Å². The number of ether oxygens (including phenoxy) is 1. The van der Waals surface area contributed by atoms with E-state index in [0.29, 0.717) is 11.1 Å². The second kappa shape index (κ2) is 8.34. The van der Waals surface area contributed by atoms with Crippen molar-refractivity contribution in [1.82, 2.24) is 0 Å². The van der Waals surface area contributed by atoms with Crippen molar-refractivity contribution < 1.29 is 23.0 Å². The van der Waals surface area contributed by atoms with Crippen LogP contribution in [0.1, 0.15) is 74.2 Å². The molecule has 2 aromatic carbocycles. The molecule has 1 fully saturated rings. The third-order valence-electron chi connectivity index (χ3n) is 5.49. The average Bonchev–Trinajstić information content (AvgIpc) is 2.65. The Bertz CT molecular complexity index is 796. The molecule has 0 aromatic heterocycles. The third kappa shape index (κ3) is 4.13. The van der Waals surface area contributed by atoms with Crippen molar-refractivity contribution >= 4 is 0 Å². The smallest absolute Gasteiger partial charge is 0.200 e. The van der Waals surface area contributed by atoms with Crippen molar-refractivity contribution in [2.45, 2.75) is 57.5 Å². The molecule has 0 bridgehead atoms. The van der Waals surface area contributed by atoms with E-state index in [9.17, 15) is 18.3 Å². The molecule has 27 heavy (non-hydrogen) atoms. The fourth-order valence-corrected chi connectivity index (χ4v) is 4.00. The minimum absolute atomic E-state index is 0.0481. The largest absolute Gasteiger partial charge is 0.491 e. The zero-order valence-electron chi connectivity index (χ0n) is 15.6. The highest BCUT2D eigenvalue weighted by molar-refractivity contribution is 5.34. The average molecular weight is 378 g/mol. The fourth-order valence-electron chi connectivity index (χ4n) is 4.00. The molecule has 2 aromatic rings. The molecule has 0 radical (unpaired) electrons. The number of benzene rings is 2. The van der Waals surface area contributed by atoms with E-state index in [4.69, 9.17) is 4.74 Å². The van der Waals surface area contributed by atoms with Gasteiger partial charge in [0.15, 0.2) is 11.6 Å². The van der Waals surface area contributed by atoms with E-state index in [2.05, 4.69) is 0 Å². The van der Waals surface area contributed by atoms with E-state index in [1.54, 1.807) is 19.1 Å².